The first kappa shape index (κ1) is 12.2. The molecule has 0 saturated carbocycles. The fourth-order valence-electron chi connectivity index (χ4n) is 1.22. The van der Waals surface area contributed by atoms with Crippen molar-refractivity contribution in [3.05, 3.63) is 12.3 Å². The average molecular weight is 231 g/mol. The molecule has 1 aromatic heterocycles. The molecule has 0 fully saturated rings. The molecule has 0 aliphatic rings. The van der Waals surface area contributed by atoms with Gasteiger partial charge in [0.25, 0.3) is 10.0 Å². The summed E-state index contributed by atoms with van der Waals surface area (Å²) in [6, 6.07) is 1.46. The van der Waals surface area contributed by atoms with Gasteiger partial charge in [-0.15, -0.1) is 0 Å². The van der Waals surface area contributed by atoms with Crippen LogP contribution in [0.2, 0.25) is 0 Å². The lowest BCUT2D eigenvalue weighted by Gasteiger charge is -2.19. The molecule has 1 atom stereocenters. The number of nitrogens with zero attached hydrogens (tertiary/aromatic N) is 2. The van der Waals surface area contributed by atoms with Gasteiger partial charge in [0.2, 0.25) is 0 Å². The fourth-order valence-corrected chi connectivity index (χ4v) is 2.41. The average Bonchev–Trinajstić information content (AvgIpc) is 2.70. The number of sulfonamides is 1. The molecule has 0 aromatic carbocycles. The summed E-state index contributed by atoms with van der Waals surface area (Å²) in [5.41, 5.74) is 0. The summed E-state index contributed by atoms with van der Waals surface area (Å²) in [6.45, 7) is 4.60. The Bertz CT molecular complexity index is 385. The van der Waals surface area contributed by atoms with E-state index in [1.54, 1.807) is 7.05 Å². The third kappa shape index (κ3) is 2.79. The number of nitrogens with one attached hydrogen (secondary N) is 1. The quantitative estimate of drug-likeness (QED) is 0.824. The van der Waals surface area contributed by atoms with Gasteiger partial charge in [-0.2, -0.15) is 9.40 Å². The Hall–Kier alpha value is -0.880. The third-order valence-corrected chi connectivity index (χ3v) is 4.18. The zero-order valence-electron chi connectivity index (χ0n) is 9.27. The maximum atomic E-state index is 11.9. The van der Waals surface area contributed by atoms with Gasteiger partial charge in [0.15, 0.2) is 5.03 Å². The maximum Gasteiger partial charge on any atom is 0.259 e. The van der Waals surface area contributed by atoms with Gasteiger partial charge in [-0.3, -0.25) is 5.10 Å². The number of H-pyrrole nitrogens is 1. The first-order valence-corrected chi connectivity index (χ1v) is 6.38. The van der Waals surface area contributed by atoms with E-state index in [1.165, 1.54) is 16.6 Å². The number of hydrogen-bond acceptors (Lipinski definition) is 3. The molecular formula is C9H17N3O2S. The van der Waals surface area contributed by atoms with E-state index in [0.29, 0.717) is 12.5 Å². The van der Waals surface area contributed by atoms with E-state index in [9.17, 15) is 8.42 Å². The standard InChI is InChI=1S/C9H17N3O2S/c1-4-8(2)7-12(3)15(13,14)9-5-6-10-11-9/h5-6,8H,4,7H2,1-3H3,(H,10,11). The van der Waals surface area contributed by atoms with Crippen molar-refractivity contribution in [2.75, 3.05) is 13.6 Å². The van der Waals surface area contributed by atoms with E-state index in [2.05, 4.69) is 10.2 Å². The van der Waals surface area contributed by atoms with Crippen LogP contribution < -0.4 is 0 Å². The van der Waals surface area contributed by atoms with Gasteiger partial charge in [-0.1, -0.05) is 20.3 Å². The molecule has 86 valence electrons. The van der Waals surface area contributed by atoms with Crippen molar-refractivity contribution in [3.63, 3.8) is 0 Å². The van der Waals surface area contributed by atoms with E-state index in [4.69, 9.17) is 0 Å². The van der Waals surface area contributed by atoms with Crippen LogP contribution in [0.3, 0.4) is 0 Å². The minimum atomic E-state index is -3.39. The van der Waals surface area contributed by atoms with E-state index in [-0.39, 0.29) is 5.03 Å². The summed E-state index contributed by atoms with van der Waals surface area (Å²) in [5, 5.41) is 6.26. The van der Waals surface area contributed by atoms with E-state index in [0.717, 1.165) is 6.42 Å². The molecular weight excluding hydrogens is 214 g/mol. The molecule has 1 rings (SSSR count). The molecule has 1 aromatic rings. The lowest BCUT2D eigenvalue weighted by atomic mass is 10.1. The molecule has 0 aliphatic heterocycles. The molecule has 6 heteroatoms. The van der Waals surface area contributed by atoms with Gasteiger partial charge in [-0.25, -0.2) is 8.42 Å². The van der Waals surface area contributed by atoms with Crippen LogP contribution >= 0.6 is 0 Å². The predicted octanol–water partition coefficient (Wildman–Crippen LogP) is 1.08. The number of rotatable bonds is 5. The molecule has 0 amide bonds. The van der Waals surface area contributed by atoms with Gasteiger partial charge in [0.05, 0.1) is 6.20 Å². The highest BCUT2D eigenvalue weighted by Crippen LogP contribution is 2.13. The Morgan fingerprint density at radius 3 is 2.73 bits per heavy atom. The molecule has 1 unspecified atom stereocenters. The zero-order valence-corrected chi connectivity index (χ0v) is 10.1. The van der Waals surface area contributed by atoms with Crippen LogP contribution in [0.25, 0.3) is 0 Å². The molecule has 1 heterocycles. The second-order valence-electron chi connectivity index (χ2n) is 3.72. The summed E-state index contributed by atoms with van der Waals surface area (Å²) in [6.07, 6.45) is 2.40. The molecule has 5 nitrogen and oxygen atoms in total. The minimum absolute atomic E-state index is 0.147. The maximum absolute atomic E-state index is 11.9. The molecule has 0 radical (unpaired) electrons. The lowest BCUT2D eigenvalue weighted by molar-refractivity contribution is 0.392. The van der Waals surface area contributed by atoms with E-state index in [1.807, 2.05) is 13.8 Å². The highest BCUT2D eigenvalue weighted by molar-refractivity contribution is 7.89. The van der Waals surface area contributed by atoms with Gasteiger partial charge in [-0.05, 0) is 12.0 Å². The van der Waals surface area contributed by atoms with Crippen molar-refractivity contribution in [1.29, 1.82) is 0 Å². The molecule has 0 spiro atoms. The normalized spacial score (nSPS) is 14.4. The van der Waals surface area contributed by atoms with Crippen molar-refractivity contribution in [1.82, 2.24) is 14.5 Å². The Labute approximate surface area is 90.5 Å². The summed E-state index contributed by atoms with van der Waals surface area (Å²) < 4.78 is 25.2. The second-order valence-corrected chi connectivity index (χ2v) is 5.73. The van der Waals surface area contributed by atoms with E-state index >= 15 is 0 Å². The van der Waals surface area contributed by atoms with E-state index < -0.39 is 10.0 Å². The SMILES string of the molecule is CCC(C)CN(C)S(=O)(=O)c1ccn[nH]1. The summed E-state index contributed by atoms with van der Waals surface area (Å²) >= 11 is 0. The van der Waals surface area contributed by atoms with Crippen molar-refractivity contribution < 1.29 is 8.42 Å². The first-order chi connectivity index (χ1) is 6.98. The van der Waals surface area contributed by atoms with Crippen LogP contribution in [0.1, 0.15) is 20.3 Å². The van der Waals surface area contributed by atoms with Crippen molar-refractivity contribution in [3.8, 4) is 0 Å². The summed E-state index contributed by atoms with van der Waals surface area (Å²) in [7, 11) is -1.80. The number of hydrogen-bond donors (Lipinski definition) is 1. The smallest absolute Gasteiger partial charge is 0.259 e. The predicted molar refractivity (Wildman–Crippen MR) is 57.9 cm³/mol. The van der Waals surface area contributed by atoms with Crippen LogP contribution in [0, 0.1) is 5.92 Å². The number of aromatic amines is 1. The van der Waals surface area contributed by atoms with Gasteiger partial charge >= 0.3 is 0 Å². The third-order valence-electron chi connectivity index (χ3n) is 2.43. The van der Waals surface area contributed by atoms with Gasteiger partial charge in [0, 0.05) is 13.6 Å². The Balaban J connectivity index is 2.79. The van der Waals surface area contributed by atoms with Crippen molar-refractivity contribution >= 4 is 10.0 Å². The largest absolute Gasteiger partial charge is 0.266 e. The molecule has 1 N–H and O–H groups in total. The number of aromatic nitrogens is 2. The summed E-state index contributed by atoms with van der Waals surface area (Å²) in [5.74, 6) is 0.354. The van der Waals surface area contributed by atoms with Crippen molar-refractivity contribution in [2.45, 2.75) is 25.3 Å². The van der Waals surface area contributed by atoms with Crippen LogP contribution in [0.15, 0.2) is 17.3 Å². The highest BCUT2D eigenvalue weighted by atomic mass is 32.2. The van der Waals surface area contributed by atoms with Crippen LogP contribution in [0.4, 0.5) is 0 Å². The molecule has 15 heavy (non-hydrogen) atoms. The Morgan fingerprint density at radius 1 is 1.60 bits per heavy atom. The Morgan fingerprint density at radius 2 is 2.27 bits per heavy atom. The molecule has 0 aliphatic carbocycles. The molecule has 0 saturated heterocycles. The highest BCUT2D eigenvalue weighted by Gasteiger charge is 2.22. The zero-order chi connectivity index (χ0) is 11.5. The summed E-state index contributed by atoms with van der Waals surface area (Å²) in [4.78, 5) is 0. The van der Waals surface area contributed by atoms with Gasteiger partial charge in [0.1, 0.15) is 0 Å². The van der Waals surface area contributed by atoms with Crippen LogP contribution in [-0.4, -0.2) is 36.5 Å². The monoisotopic (exact) mass is 231 g/mol. The Kier molecular flexibility index (Phi) is 3.87. The molecule has 0 bridgehead atoms. The lowest BCUT2D eigenvalue weighted by Crippen LogP contribution is -2.31. The van der Waals surface area contributed by atoms with Crippen LogP contribution in [0.5, 0.6) is 0 Å². The minimum Gasteiger partial charge on any atom is -0.266 e. The van der Waals surface area contributed by atoms with Crippen molar-refractivity contribution in [2.24, 2.45) is 5.92 Å². The topological polar surface area (TPSA) is 66.1 Å². The van der Waals surface area contributed by atoms with Gasteiger partial charge < -0.3 is 0 Å². The van der Waals surface area contributed by atoms with Crippen LogP contribution in [-0.2, 0) is 10.0 Å². The fraction of sp³-hybridized carbons (Fsp3) is 0.667. The first-order valence-electron chi connectivity index (χ1n) is 4.94. The second kappa shape index (κ2) is 4.76.